The zero-order valence-electron chi connectivity index (χ0n) is 21.8. The largest absolute Gasteiger partial charge is 0.493 e. The smallest absolute Gasteiger partial charge is 0.189 e. The molecular weight excluding hydrogens is 502 g/mol. The van der Waals surface area contributed by atoms with Crippen LogP contribution in [0, 0.1) is 17.6 Å². The van der Waals surface area contributed by atoms with Gasteiger partial charge < -0.3 is 20.1 Å². The lowest BCUT2D eigenvalue weighted by atomic mass is 9.97. The van der Waals surface area contributed by atoms with Gasteiger partial charge in [-0.05, 0) is 41.8 Å². The van der Waals surface area contributed by atoms with Gasteiger partial charge in [-0.3, -0.25) is 4.31 Å². The van der Waals surface area contributed by atoms with Gasteiger partial charge in [-0.15, -0.1) is 0 Å². The van der Waals surface area contributed by atoms with Crippen LogP contribution in [0.1, 0.15) is 19.4 Å². The van der Waals surface area contributed by atoms with E-state index in [-0.39, 0.29) is 42.4 Å². The molecule has 1 unspecified atom stereocenters. The summed E-state index contributed by atoms with van der Waals surface area (Å²) in [4.78, 5) is 10.7. The summed E-state index contributed by atoms with van der Waals surface area (Å²) in [6.45, 7) is 7.85. The quantitative estimate of drug-likeness (QED) is 0.157. The van der Waals surface area contributed by atoms with Crippen LogP contribution in [0.25, 0.3) is 0 Å². The van der Waals surface area contributed by atoms with Gasteiger partial charge in [0, 0.05) is 31.1 Å². The van der Waals surface area contributed by atoms with Crippen molar-refractivity contribution in [3.63, 3.8) is 0 Å². The van der Waals surface area contributed by atoms with Gasteiger partial charge >= 0.3 is 0 Å². The zero-order chi connectivity index (χ0) is 27.5. The number of hydrogen-bond acceptors (Lipinski definition) is 6. The lowest BCUT2D eigenvalue weighted by molar-refractivity contribution is -0.234. The van der Waals surface area contributed by atoms with Crippen molar-refractivity contribution in [2.45, 2.75) is 25.2 Å². The minimum absolute atomic E-state index is 0.0392. The number of halogens is 2. The average molecular weight is 537 g/mol. The first kappa shape index (κ1) is 30.0. The number of allylic oxidation sites excluding steroid dienone is 3. The molecule has 7 nitrogen and oxygen atoms in total. The van der Waals surface area contributed by atoms with Crippen LogP contribution in [0.4, 0.5) is 8.78 Å². The molecule has 0 fully saturated rings. The molecule has 0 bridgehead atoms. The second-order valence-corrected chi connectivity index (χ2v) is 9.55. The van der Waals surface area contributed by atoms with Gasteiger partial charge in [0.15, 0.2) is 28.2 Å². The third-order valence-corrected chi connectivity index (χ3v) is 6.62. The van der Waals surface area contributed by atoms with E-state index in [1.54, 1.807) is 18.2 Å². The predicted octanol–water partition coefficient (Wildman–Crippen LogP) is 5.07. The van der Waals surface area contributed by atoms with Gasteiger partial charge in [-0.2, -0.15) is 4.89 Å². The predicted molar refractivity (Wildman–Crippen MR) is 140 cm³/mol. The molecule has 1 atom stereocenters. The summed E-state index contributed by atoms with van der Waals surface area (Å²) in [5, 5.41) is 0. The minimum Gasteiger partial charge on any atom is -0.493 e. The molecule has 2 aromatic rings. The highest BCUT2D eigenvalue weighted by atomic mass is 32.2. The third kappa shape index (κ3) is 7.64. The van der Waals surface area contributed by atoms with Crippen LogP contribution < -0.4 is 15.2 Å². The van der Waals surface area contributed by atoms with Crippen molar-refractivity contribution in [2.75, 3.05) is 34.4 Å². The number of ether oxygens (including phenoxy) is 2. The molecular formula is C27H34F2N2O5S. The molecule has 10 heteroatoms. The third-order valence-electron chi connectivity index (χ3n) is 5.20. The first-order valence-corrected chi connectivity index (χ1v) is 12.7. The Morgan fingerprint density at radius 1 is 1.11 bits per heavy atom. The Bertz CT molecular complexity index is 1150. The zero-order valence-corrected chi connectivity index (χ0v) is 22.6. The maximum Gasteiger partial charge on any atom is 0.189 e. The normalized spacial score (nSPS) is 13.2. The van der Waals surface area contributed by atoms with E-state index in [2.05, 4.69) is 6.58 Å². The molecule has 0 saturated heterocycles. The Hall–Kier alpha value is -3.21. The molecule has 0 aliphatic rings. The first-order valence-electron chi connectivity index (χ1n) is 11.5. The van der Waals surface area contributed by atoms with Gasteiger partial charge in [-0.1, -0.05) is 32.6 Å². The summed E-state index contributed by atoms with van der Waals surface area (Å²) < 4.78 is 55.5. The van der Waals surface area contributed by atoms with Crippen molar-refractivity contribution < 1.29 is 32.2 Å². The molecule has 2 rings (SSSR count). The monoisotopic (exact) mass is 536 g/mol. The minimum atomic E-state index is -1.85. The maximum atomic E-state index is 14.7. The van der Waals surface area contributed by atoms with E-state index >= 15 is 0 Å². The molecule has 0 spiro atoms. The number of nitrogens with zero attached hydrogens (tertiary/aromatic N) is 1. The Labute approximate surface area is 219 Å². The van der Waals surface area contributed by atoms with Crippen molar-refractivity contribution in [1.82, 2.24) is 4.31 Å². The second kappa shape index (κ2) is 14.5. The number of methoxy groups -OCH3 is 2. The van der Waals surface area contributed by atoms with E-state index in [0.29, 0.717) is 22.0 Å². The van der Waals surface area contributed by atoms with E-state index in [4.69, 9.17) is 25.0 Å². The topological polar surface area (TPSA) is 83.2 Å². The molecule has 202 valence electrons. The van der Waals surface area contributed by atoms with Gasteiger partial charge in [0.1, 0.15) is 11.6 Å². The highest BCUT2D eigenvalue weighted by Crippen LogP contribution is 2.33. The lowest BCUT2D eigenvalue weighted by Gasteiger charge is -2.29. The summed E-state index contributed by atoms with van der Waals surface area (Å²) in [5.74, 6) is -0.484. The first-order chi connectivity index (χ1) is 17.7. The number of hydrogen-bond donors (Lipinski definition) is 1. The van der Waals surface area contributed by atoms with Crippen LogP contribution in [-0.4, -0.2) is 42.9 Å². The number of rotatable bonds is 14. The number of benzene rings is 2. The molecule has 0 heterocycles. The van der Waals surface area contributed by atoms with Gasteiger partial charge in [0.2, 0.25) is 0 Å². The van der Waals surface area contributed by atoms with Crippen LogP contribution in [0.2, 0.25) is 0 Å². The van der Waals surface area contributed by atoms with E-state index < -0.39 is 22.6 Å². The van der Waals surface area contributed by atoms with E-state index in [1.807, 2.05) is 19.9 Å². The van der Waals surface area contributed by atoms with E-state index in [9.17, 15) is 13.0 Å². The summed E-state index contributed by atoms with van der Waals surface area (Å²) in [7, 11) is 2.43. The van der Waals surface area contributed by atoms with Gasteiger partial charge in [0.25, 0.3) is 0 Å². The lowest BCUT2D eigenvalue weighted by Crippen LogP contribution is -2.33. The van der Waals surface area contributed by atoms with Crippen molar-refractivity contribution in [3.8, 4) is 11.5 Å². The Kier molecular flexibility index (Phi) is 11.8. The fourth-order valence-electron chi connectivity index (χ4n) is 3.66. The fraction of sp³-hybridized carbons (Fsp3) is 0.333. The van der Waals surface area contributed by atoms with Gasteiger partial charge in [-0.25, -0.2) is 13.0 Å². The number of nitrogens with two attached hydrogens (primary N) is 1. The standard InChI is InChI=1S/C27H34F2N2O5S/c1-7-24(36-35-6)27(19(15-18(2)3)16-21-22(28)9-8-10-23(21)29)31(14-13-30)37(32)20-11-12-25(33-4)26(17-20)34-5/h7-12,15,17-18H,1,13-14,16,30H2,2-6H3/b19-15-,27-24-. The molecule has 0 amide bonds. The summed E-state index contributed by atoms with van der Waals surface area (Å²) in [6.07, 6.45) is 3.04. The summed E-state index contributed by atoms with van der Waals surface area (Å²) >= 11 is 0. The average Bonchev–Trinajstić information content (AvgIpc) is 2.88. The molecule has 0 radical (unpaired) electrons. The fourth-order valence-corrected chi connectivity index (χ4v) is 4.96. The van der Waals surface area contributed by atoms with E-state index in [1.165, 1.54) is 49.9 Å². The highest BCUT2D eigenvalue weighted by Gasteiger charge is 2.27. The second-order valence-electron chi connectivity index (χ2n) is 8.14. The molecule has 2 N–H and O–H groups in total. The van der Waals surface area contributed by atoms with Crippen molar-refractivity contribution in [3.05, 3.63) is 89.4 Å². The van der Waals surface area contributed by atoms with E-state index in [0.717, 1.165) is 0 Å². The van der Waals surface area contributed by atoms with Crippen molar-refractivity contribution in [2.24, 2.45) is 11.7 Å². The van der Waals surface area contributed by atoms with Crippen LogP contribution in [-0.2, 0) is 27.2 Å². The van der Waals surface area contributed by atoms with Crippen molar-refractivity contribution >= 4 is 11.0 Å². The molecule has 0 saturated carbocycles. The Morgan fingerprint density at radius 2 is 1.76 bits per heavy atom. The molecule has 37 heavy (non-hydrogen) atoms. The van der Waals surface area contributed by atoms with Crippen molar-refractivity contribution in [1.29, 1.82) is 0 Å². The van der Waals surface area contributed by atoms with Gasteiger partial charge in [0.05, 0.1) is 31.9 Å². The molecule has 0 aliphatic carbocycles. The van der Waals surface area contributed by atoms with Crippen LogP contribution in [0.3, 0.4) is 0 Å². The van der Waals surface area contributed by atoms with Crippen LogP contribution in [0.5, 0.6) is 11.5 Å². The summed E-state index contributed by atoms with van der Waals surface area (Å²) in [5.41, 5.74) is 6.50. The SMILES string of the molecule is C=C/C(OOC)=C(\C(=C/C(C)C)Cc1c(F)cccc1F)N(CCN)S(=O)c1ccc(OC)c(OC)c1. The summed E-state index contributed by atoms with van der Waals surface area (Å²) in [6, 6.07) is 8.53. The maximum absolute atomic E-state index is 14.7. The molecule has 2 aromatic carbocycles. The van der Waals surface area contributed by atoms with Crippen LogP contribution >= 0.6 is 0 Å². The Balaban J connectivity index is 2.78. The molecule has 0 aliphatic heterocycles. The van der Waals surface area contributed by atoms with Crippen LogP contribution in [0.15, 0.2) is 77.1 Å². The molecule has 0 aromatic heterocycles. The highest BCUT2D eigenvalue weighted by molar-refractivity contribution is 7.82. The Morgan fingerprint density at radius 3 is 2.27 bits per heavy atom.